The Morgan fingerprint density at radius 2 is 2.00 bits per heavy atom. The Balaban J connectivity index is 2.44. The van der Waals surface area contributed by atoms with Gasteiger partial charge in [-0.15, -0.1) is 0 Å². The Kier molecular flexibility index (Phi) is 4.44. The standard InChI is InChI=1S/C14H13N3O3S/c1-9-4-2-3-5-12(9)21-13-7-6-10(14(15)16-18)8-11(13)17(19)20/h2-8,18H,1H3,(H2,15,16). The van der Waals surface area contributed by atoms with E-state index in [2.05, 4.69) is 5.16 Å². The van der Waals surface area contributed by atoms with E-state index in [0.717, 1.165) is 10.5 Å². The summed E-state index contributed by atoms with van der Waals surface area (Å²) in [7, 11) is 0. The summed E-state index contributed by atoms with van der Waals surface area (Å²) in [6.07, 6.45) is 0. The van der Waals surface area contributed by atoms with E-state index >= 15 is 0 Å². The Morgan fingerprint density at radius 3 is 2.62 bits per heavy atom. The maximum atomic E-state index is 11.2. The van der Waals surface area contributed by atoms with E-state index in [1.54, 1.807) is 12.1 Å². The van der Waals surface area contributed by atoms with Crippen molar-refractivity contribution in [2.24, 2.45) is 10.9 Å². The van der Waals surface area contributed by atoms with Gasteiger partial charge in [-0.05, 0) is 30.7 Å². The van der Waals surface area contributed by atoms with Gasteiger partial charge in [-0.25, -0.2) is 0 Å². The van der Waals surface area contributed by atoms with Crippen molar-refractivity contribution in [3.05, 3.63) is 63.7 Å². The lowest BCUT2D eigenvalue weighted by Crippen LogP contribution is -2.13. The largest absolute Gasteiger partial charge is 0.409 e. The fraction of sp³-hybridized carbons (Fsp3) is 0.0714. The second-order valence-electron chi connectivity index (χ2n) is 4.29. The Hall–Kier alpha value is -2.54. The highest BCUT2D eigenvalue weighted by atomic mass is 32.2. The zero-order valence-electron chi connectivity index (χ0n) is 11.2. The minimum Gasteiger partial charge on any atom is -0.409 e. The van der Waals surface area contributed by atoms with Crippen molar-refractivity contribution in [3.8, 4) is 0 Å². The maximum Gasteiger partial charge on any atom is 0.283 e. The van der Waals surface area contributed by atoms with E-state index in [0.29, 0.717) is 10.5 Å². The number of nitrogens with two attached hydrogens (primary N) is 1. The lowest BCUT2D eigenvalue weighted by atomic mass is 10.2. The van der Waals surface area contributed by atoms with Crippen molar-refractivity contribution >= 4 is 23.3 Å². The van der Waals surface area contributed by atoms with E-state index < -0.39 is 4.92 Å². The van der Waals surface area contributed by atoms with Crippen LogP contribution in [0.5, 0.6) is 0 Å². The first kappa shape index (κ1) is 14.9. The molecule has 0 atom stereocenters. The second-order valence-corrected chi connectivity index (χ2v) is 5.38. The number of oxime groups is 1. The van der Waals surface area contributed by atoms with Crippen LogP contribution in [0.2, 0.25) is 0 Å². The Labute approximate surface area is 125 Å². The maximum absolute atomic E-state index is 11.2. The third-order valence-corrected chi connectivity index (χ3v) is 4.12. The summed E-state index contributed by atoms with van der Waals surface area (Å²) in [5, 5.41) is 22.7. The second kappa shape index (κ2) is 6.27. The molecule has 0 spiro atoms. The van der Waals surface area contributed by atoms with Gasteiger partial charge in [0.1, 0.15) is 0 Å². The van der Waals surface area contributed by atoms with Gasteiger partial charge in [0, 0.05) is 16.5 Å². The number of rotatable bonds is 4. The third kappa shape index (κ3) is 3.32. The number of hydrogen-bond acceptors (Lipinski definition) is 5. The summed E-state index contributed by atoms with van der Waals surface area (Å²) < 4.78 is 0. The Bertz CT molecular complexity index is 716. The molecule has 0 heterocycles. The summed E-state index contributed by atoms with van der Waals surface area (Å²) in [5.41, 5.74) is 6.73. The number of nitrogens with zero attached hydrogens (tertiary/aromatic N) is 2. The zero-order chi connectivity index (χ0) is 15.4. The van der Waals surface area contributed by atoms with Crippen LogP contribution in [0.1, 0.15) is 11.1 Å². The molecule has 0 aliphatic rings. The lowest BCUT2D eigenvalue weighted by Gasteiger charge is -2.07. The summed E-state index contributed by atoms with van der Waals surface area (Å²) in [6.45, 7) is 1.94. The van der Waals surface area contributed by atoms with Gasteiger partial charge in [-0.1, -0.05) is 35.1 Å². The van der Waals surface area contributed by atoms with Crippen molar-refractivity contribution in [2.75, 3.05) is 0 Å². The fourth-order valence-corrected chi connectivity index (χ4v) is 2.74. The van der Waals surface area contributed by atoms with Gasteiger partial charge >= 0.3 is 0 Å². The van der Waals surface area contributed by atoms with E-state index in [1.807, 2.05) is 31.2 Å². The van der Waals surface area contributed by atoms with E-state index in [4.69, 9.17) is 10.9 Å². The number of aryl methyl sites for hydroxylation is 1. The summed E-state index contributed by atoms with van der Waals surface area (Å²) in [6, 6.07) is 12.1. The minimum atomic E-state index is -0.477. The number of amidine groups is 1. The zero-order valence-corrected chi connectivity index (χ0v) is 12.0. The predicted molar refractivity (Wildman–Crippen MR) is 80.9 cm³/mol. The molecule has 0 unspecified atom stereocenters. The summed E-state index contributed by atoms with van der Waals surface area (Å²) in [5.74, 6) is -0.162. The molecule has 108 valence electrons. The normalized spacial score (nSPS) is 11.4. The number of hydrogen-bond donors (Lipinski definition) is 2. The molecular formula is C14H13N3O3S. The third-order valence-electron chi connectivity index (χ3n) is 2.87. The molecule has 0 saturated heterocycles. The average molecular weight is 303 g/mol. The smallest absolute Gasteiger partial charge is 0.283 e. The molecule has 2 aromatic rings. The van der Waals surface area contributed by atoms with Gasteiger partial charge in [0.2, 0.25) is 0 Å². The van der Waals surface area contributed by atoms with Crippen molar-refractivity contribution in [2.45, 2.75) is 16.7 Å². The molecule has 0 saturated carbocycles. The van der Waals surface area contributed by atoms with Crippen molar-refractivity contribution < 1.29 is 10.1 Å². The van der Waals surface area contributed by atoms with Crippen LogP contribution in [0.3, 0.4) is 0 Å². The molecule has 2 aromatic carbocycles. The molecule has 6 nitrogen and oxygen atoms in total. The van der Waals surface area contributed by atoms with Crippen LogP contribution < -0.4 is 5.73 Å². The lowest BCUT2D eigenvalue weighted by molar-refractivity contribution is -0.387. The molecule has 21 heavy (non-hydrogen) atoms. The average Bonchev–Trinajstić information content (AvgIpc) is 2.49. The SMILES string of the molecule is Cc1ccccc1Sc1ccc(C(N)=NO)cc1[N+](=O)[O-]. The van der Waals surface area contributed by atoms with Gasteiger partial charge < -0.3 is 10.9 Å². The molecular weight excluding hydrogens is 290 g/mol. The number of nitro benzene ring substituents is 1. The highest BCUT2D eigenvalue weighted by Gasteiger charge is 2.17. The Morgan fingerprint density at radius 1 is 1.29 bits per heavy atom. The highest BCUT2D eigenvalue weighted by molar-refractivity contribution is 7.99. The van der Waals surface area contributed by atoms with Crippen LogP contribution in [-0.4, -0.2) is 16.0 Å². The first-order valence-electron chi connectivity index (χ1n) is 6.02. The fourth-order valence-electron chi connectivity index (χ4n) is 1.75. The van der Waals surface area contributed by atoms with Crippen LogP contribution in [0.15, 0.2) is 57.4 Å². The van der Waals surface area contributed by atoms with E-state index in [9.17, 15) is 10.1 Å². The van der Waals surface area contributed by atoms with Crippen LogP contribution in [0.4, 0.5) is 5.69 Å². The summed E-state index contributed by atoms with van der Waals surface area (Å²) in [4.78, 5) is 12.2. The predicted octanol–water partition coefficient (Wildman–Crippen LogP) is 3.15. The van der Waals surface area contributed by atoms with Gasteiger partial charge in [0.15, 0.2) is 5.84 Å². The first-order chi connectivity index (χ1) is 10.0. The molecule has 0 aliphatic heterocycles. The van der Waals surface area contributed by atoms with Gasteiger partial charge in [0.05, 0.1) is 9.82 Å². The van der Waals surface area contributed by atoms with Gasteiger partial charge in [0.25, 0.3) is 5.69 Å². The molecule has 0 amide bonds. The van der Waals surface area contributed by atoms with Crippen LogP contribution in [0.25, 0.3) is 0 Å². The van der Waals surface area contributed by atoms with Crippen molar-refractivity contribution in [3.63, 3.8) is 0 Å². The quantitative estimate of drug-likeness (QED) is 0.297. The molecule has 0 radical (unpaired) electrons. The molecule has 0 aromatic heterocycles. The molecule has 0 aliphatic carbocycles. The minimum absolute atomic E-state index is 0.0765. The van der Waals surface area contributed by atoms with Crippen molar-refractivity contribution in [1.29, 1.82) is 0 Å². The van der Waals surface area contributed by atoms with E-state index in [-0.39, 0.29) is 11.5 Å². The van der Waals surface area contributed by atoms with Gasteiger partial charge in [-0.2, -0.15) is 0 Å². The van der Waals surface area contributed by atoms with Crippen LogP contribution >= 0.6 is 11.8 Å². The number of nitro groups is 1. The van der Waals surface area contributed by atoms with Crippen LogP contribution in [0, 0.1) is 17.0 Å². The van der Waals surface area contributed by atoms with E-state index in [1.165, 1.54) is 17.8 Å². The van der Waals surface area contributed by atoms with Crippen LogP contribution in [-0.2, 0) is 0 Å². The number of benzene rings is 2. The monoisotopic (exact) mass is 303 g/mol. The highest BCUT2D eigenvalue weighted by Crippen LogP contribution is 2.36. The molecule has 2 rings (SSSR count). The molecule has 0 bridgehead atoms. The van der Waals surface area contributed by atoms with Crippen molar-refractivity contribution in [1.82, 2.24) is 0 Å². The van der Waals surface area contributed by atoms with Gasteiger partial charge in [-0.3, -0.25) is 10.1 Å². The first-order valence-corrected chi connectivity index (χ1v) is 6.84. The molecule has 3 N–H and O–H groups in total. The topological polar surface area (TPSA) is 102 Å². The molecule has 7 heteroatoms. The summed E-state index contributed by atoms with van der Waals surface area (Å²) >= 11 is 1.31. The molecule has 0 fully saturated rings.